The van der Waals surface area contributed by atoms with Crippen molar-refractivity contribution in [1.82, 2.24) is 28.9 Å². The van der Waals surface area contributed by atoms with Crippen molar-refractivity contribution in [3.05, 3.63) is 75.2 Å². The Labute approximate surface area is 333 Å². The molecular formula is C42H48F2N8O6. The highest BCUT2D eigenvalue weighted by molar-refractivity contribution is 6.01. The highest BCUT2D eigenvalue weighted by Crippen LogP contribution is 2.52. The fourth-order valence-electron chi connectivity index (χ4n) is 9.25. The van der Waals surface area contributed by atoms with E-state index in [0.717, 1.165) is 22.2 Å². The number of carbonyl (C=O) groups is 2. The number of nitrogens with one attached hydrogen (secondary N) is 1. The molecule has 3 aromatic heterocycles. The highest BCUT2D eigenvalue weighted by atomic mass is 19.3. The number of methoxy groups -OCH3 is 2. The number of rotatable bonds is 8. The van der Waals surface area contributed by atoms with Gasteiger partial charge in [-0.2, -0.15) is 0 Å². The van der Waals surface area contributed by atoms with Crippen molar-refractivity contribution in [3.63, 3.8) is 0 Å². The van der Waals surface area contributed by atoms with Gasteiger partial charge in [-0.05, 0) is 68.1 Å². The van der Waals surface area contributed by atoms with Crippen molar-refractivity contribution in [2.75, 3.05) is 64.3 Å². The third kappa shape index (κ3) is 6.37. The fraction of sp³-hybridized carbons (Fsp3) is 0.452. The number of halogens is 2. The Bertz CT molecular complexity index is 2560. The maximum atomic E-state index is 16.6. The van der Waals surface area contributed by atoms with Crippen LogP contribution in [0.3, 0.4) is 0 Å². The first-order valence-corrected chi connectivity index (χ1v) is 19.5. The number of carbonyl (C=O) groups excluding carboxylic acids is 2. The van der Waals surface area contributed by atoms with Crippen LogP contribution >= 0.6 is 0 Å². The molecule has 3 saturated heterocycles. The number of ether oxygens (including phenoxy) is 2. The number of alkyl halides is 2. The number of likely N-dealkylation sites (tertiary alicyclic amines) is 1. The van der Waals surface area contributed by atoms with Gasteiger partial charge in [0.1, 0.15) is 23.4 Å². The predicted octanol–water partition coefficient (Wildman–Crippen LogP) is 4.44. The van der Waals surface area contributed by atoms with Crippen molar-refractivity contribution >= 4 is 45.1 Å². The fourth-order valence-corrected chi connectivity index (χ4v) is 9.25. The summed E-state index contributed by atoms with van der Waals surface area (Å²) in [5, 5.41) is 3.53. The second-order valence-corrected chi connectivity index (χ2v) is 16.1. The number of benzene rings is 2. The van der Waals surface area contributed by atoms with Crippen LogP contribution in [0.15, 0.2) is 58.4 Å². The standard InChI is InChI=1S/C42H48F2N8O6/c1-47(2)35-20-26-27(21-45-35)39(55)48(3)22-28(26)25-18-33(57-5)29(34(19-25)58-6)23-50-15-12-41(42(43,44)24-50)13-16-51(17-14-41)30-8-7-9-31-37(30)49(4)40(56)52(31)32-10-11-36(53)46-38(32)54/h7-9,18-22,32H,10-17,23-24H2,1-6H3,(H,46,53,54). The van der Waals surface area contributed by atoms with Gasteiger partial charge in [0, 0.05) is 83.0 Å². The summed E-state index contributed by atoms with van der Waals surface area (Å²) in [6.07, 6.45) is 4.56. The molecule has 3 fully saturated rings. The lowest BCUT2D eigenvalue weighted by atomic mass is 9.68. The van der Waals surface area contributed by atoms with Crippen LogP contribution in [-0.2, 0) is 30.2 Å². The van der Waals surface area contributed by atoms with Crippen LogP contribution in [0.2, 0.25) is 0 Å². The monoisotopic (exact) mass is 798 g/mol. The minimum Gasteiger partial charge on any atom is -0.496 e. The van der Waals surface area contributed by atoms with Crippen LogP contribution < -0.4 is 35.8 Å². The minimum atomic E-state index is -2.99. The second kappa shape index (κ2) is 14.6. The van der Waals surface area contributed by atoms with E-state index in [1.807, 2.05) is 49.3 Å². The van der Waals surface area contributed by atoms with Gasteiger partial charge in [0.25, 0.3) is 11.5 Å². The maximum absolute atomic E-state index is 16.6. The second-order valence-electron chi connectivity index (χ2n) is 16.1. The Morgan fingerprint density at radius 2 is 1.64 bits per heavy atom. The molecule has 8 rings (SSSR count). The van der Waals surface area contributed by atoms with Crippen LogP contribution in [0.4, 0.5) is 20.3 Å². The van der Waals surface area contributed by atoms with Gasteiger partial charge in [0.05, 0.1) is 48.4 Å². The molecule has 1 spiro atoms. The summed E-state index contributed by atoms with van der Waals surface area (Å²) in [5.41, 5.74) is 2.38. The molecule has 1 atom stereocenters. The van der Waals surface area contributed by atoms with Crippen LogP contribution in [0.1, 0.15) is 43.7 Å². The van der Waals surface area contributed by atoms with Crippen LogP contribution in [0.25, 0.3) is 32.9 Å². The van der Waals surface area contributed by atoms with Gasteiger partial charge in [-0.1, -0.05) is 6.07 Å². The van der Waals surface area contributed by atoms with E-state index >= 15 is 8.78 Å². The van der Waals surface area contributed by atoms with E-state index in [2.05, 4.69) is 15.2 Å². The Kier molecular flexibility index (Phi) is 9.81. The Hall–Kier alpha value is -5.77. The summed E-state index contributed by atoms with van der Waals surface area (Å²) < 4.78 is 49.3. The van der Waals surface area contributed by atoms with E-state index in [0.29, 0.717) is 65.4 Å². The normalized spacial score (nSPS) is 19.5. The van der Waals surface area contributed by atoms with Crippen molar-refractivity contribution < 1.29 is 27.8 Å². The number of amides is 2. The van der Waals surface area contributed by atoms with E-state index < -0.39 is 29.8 Å². The summed E-state index contributed by atoms with van der Waals surface area (Å²) in [5.74, 6) is -2.18. The molecule has 6 heterocycles. The molecule has 0 radical (unpaired) electrons. The number of hydrogen-bond acceptors (Lipinski definition) is 10. The molecule has 58 heavy (non-hydrogen) atoms. The minimum absolute atomic E-state index is 0.137. The SMILES string of the molecule is COc1cc(-c2cn(C)c(=O)c3cnc(N(C)C)cc23)cc(OC)c1CN1CCC2(CCN(c3cccc4c3n(C)c(=O)n4C3CCC(=O)NC3=O)CC2)C(F)(F)C1. The van der Waals surface area contributed by atoms with Gasteiger partial charge >= 0.3 is 5.69 Å². The number of pyridine rings is 2. The van der Waals surface area contributed by atoms with Gasteiger partial charge in [0.15, 0.2) is 0 Å². The third-order valence-corrected chi connectivity index (χ3v) is 12.6. The number of imide groups is 1. The molecule has 3 aliphatic heterocycles. The molecule has 2 aromatic carbocycles. The number of aromatic nitrogens is 4. The summed E-state index contributed by atoms with van der Waals surface area (Å²) in [6.45, 7) is 0.968. The Morgan fingerprint density at radius 3 is 2.28 bits per heavy atom. The molecule has 0 aliphatic carbocycles. The van der Waals surface area contributed by atoms with E-state index in [-0.39, 0.29) is 49.4 Å². The largest absolute Gasteiger partial charge is 0.496 e. The van der Waals surface area contributed by atoms with E-state index in [4.69, 9.17) is 9.47 Å². The number of nitrogens with zero attached hydrogens (tertiary/aromatic N) is 7. The molecule has 16 heteroatoms. The lowest BCUT2D eigenvalue weighted by Crippen LogP contribution is -2.59. The van der Waals surface area contributed by atoms with Crippen molar-refractivity contribution in [1.29, 1.82) is 0 Å². The summed E-state index contributed by atoms with van der Waals surface area (Å²) in [7, 11) is 10.2. The first kappa shape index (κ1) is 39.1. The van der Waals surface area contributed by atoms with Crippen LogP contribution in [0, 0.1) is 5.41 Å². The van der Waals surface area contributed by atoms with Gasteiger partial charge in [-0.3, -0.25) is 33.7 Å². The molecular weight excluding hydrogens is 751 g/mol. The molecule has 0 saturated carbocycles. The molecule has 14 nitrogen and oxygen atoms in total. The number of aryl methyl sites for hydroxylation is 2. The lowest BCUT2D eigenvalue weighted by molar-refractivity contribution is -0.179. The molecule has 306 valence electrons. The van der Waals surface area contributed by atoms with Gasteiger partial charge in [0.2, 0.25) is 11.8 Å². The molecule has 1 N–H and O–H groups in total. The molecule has 2 amide bonds. The van der Waals surface area contributed by atoms with Gasteiger partial charge in [-0.25, -0.2) is 18.6 Å². The lowest BCUT2D eigenvalue weighted by Gasteiger charge is -2.51. The molecule has 1 unspecified atom stereocenters. The maximum Gasteiger partial charge on any atom is 0.329 e. The Morgan fingerprint density at radius 1 is 0.948 bits per heavy atom. The molecule has 5 aromatic rings. The van der Waals surface area contributed by atoms with Gasteiger partial charge < -0.3 is 23.8 Å². The summed E-state index contributed by atoms with van der Waals surface area (Å²) >= 11 is 0. The van der Waals surface area contributed by atoms with Crippen molar-refractivity contribution in [2.45, 2.75) is 50.6 Å². The number of anilines is 2. The number of imidazole rings is 1. The number of para-hydroxylation sites is 1. The number of piperidine rings is 3. The zero-order valence-corrected chi connectivity index (χ0v) is 33.6. The third-order valence-electron chi connectivity index (χ3n) is 12.6. The first-order chi connectivity index (χ1) is 27.7. The molecule has 3 aliphatic rings. The quantitative estimate of drug-likeness (QED) is 0.225. The number of fused-ring (bicyclic) bond motifs is 2. The smallest absolute Gasteiger partial charge is 0.329 e. The van der Waals surface area contributed by atoms with Crippen LogP contribution in [-0.4, -0.2) is 95.8 Å². The van der Waals surface area contributed by atoms with Gasteiger partial charge in [-0.15, -0.1) is 0 Å². The highest BCUT2D eigenvalue weighted by Gasteiger charge is 2.57. The average Bonchev–Trinajstić information content (AvgIpc) is 3.46. The summed E-state index contributed by atoms with van der Waals surface area (Å²) in [6, 6.07) is 10.3. The number of hydrogen-bond donors (Lipinski definition) is 1. The summed E-state index contributed by atoms with van der Waals surface area (Å²) in [4.78, 5) is 61.3. The topological polar surface area (TPSA) is 136 Å². The predicted molar refractivity (Wildman–Crippen MR) is 217 cm³/mol. The van der Waals surface area contributed by atoms with Crippen LogP contribution in [0.5, 0.6) is 11.5 Å². The first-order valence-electron chi connectivity index (χ1n) is 19.5. The van der Waals surface area contributed by atoms with Crippen molar-refractivity contribution in [2.24, 2.45) is 19.5 Å². The Balaban J connectivity index is 1.02. The average molecular weight is 799 g/mol. The van der Waals surface area contributed by atoms with Crippen molar-refractivity contribution in [3.8, 4) is 22.6 Å². The zero-order valence-electron chi connectivity index (χ0n) is 33.6. The zero-order chi connectivity index (χ0) is 41.3. The van der Waals surface area contributed by atoms with E-state index in [9.17, 15) is 19.2 Å². The molecule has 0 bridgehead atoms. The van der Waals surface area contributed by atoms with E-state index in [1.165, 1.54) is 13.7 Å². The van der Waals surface area contributed by atoms with E-state index in [1.54, 1.807) is 51.7 Å².